The van der Waals surface area contributed by atoms with Crippen molar-refractivity contribution < 1.29 is 24.0 Å². The second kappa shape index (κ2) is 8.25. The topological polar surface area (TPSA) is 108 Å². The van der Waals surface area contributed by atoms with Gasteiger partial charge in [-0.3, -0.25) is 15.4 Å². The molecule has 128 valence electrons. The summed E-state index contributed by atoms with van der Waals surface area (Å²) in [5.41, 5.74) is 1.04. The third-order valence-electron chi connectivity index (χ3n) is 3.00. The number of nitro benzene ring substituents is 1. The highest BCUT2D eigenvalue weighted by Gasteiger charge is 2.08. The van der Waals surface area contributed by atoms with Crippen LogP contribution in [0.3, 0.4) is 0 Å². The number of hydrogen-bond donors (Lipinski definition) is 1. The first-order valence-corrected chi connectivity index (χ1v) is 7.07. The van der Waals surface area contributed by atoms with Gasteiger partial charge in [0.15, 0.2) is 0 Å². The van der Waals surface area contributed by atoms with Crippen LogP contribution in [-0.2, 0) is 9.53 Å². The lowest BCUT2D eigenvalue weighted by atomic mass is 10.2. The van der Waals surface area contributed by atoms with E-state index < -0.39 is 17.0 Å². The Hall–Kier alpha value is -3.68. The fraction of sp³-hybridized carbons (Fsp3) is 0.0588. The van der Waals surface area contributed by atoms with Crippen LogP contribution < -0.4 is 10.1 Å². The molecule has 1 N–H and O–H groups in total. The Kier molecular flexibility index (Phi) is 5.83. The van der Waals surface area contributed by atoms with E-state index in [9.17, 15) is 19.7 Å². The first-order valence-electron chi connectivity index (χ1n) is 7.07. The highest BCUT2D eigenvalue weighted by Crippen LogP contribution is 2.18. The van der Waals surface area contributed by atoms with Crippen LogP contribution in [0.2, 0.25) is 0 Å². The number of nitrogens with one attached hydrogen (secondary N) is 1. The number of esters is 1. The molecule has 0 atom stereocenters. The zero-order valence-corrected chi connectivity index (χ0v) is 13.2. The molecule has 0 aliphatic rings. The summed E-state index contributed by atoms with van der Waals surface area (Å²) in [7, 11) is 1.28. The van der Waals surface area contributed by atoms with E-state index in [0.717, 1.165) is 0 Å². The third kappa shape index (κ3) is 5.47. The Morgan fingerprint density at radius 3 is 2.52 bits per heavy atom. The number of benzene rings is 2. The molecule has 25 heavy (non-hydrogen) atoms. The Morgan fingerprint density at radius 2 is 1.88 bits per heavy atom. The molecule has 2 aromatic rings. The van der Waals surface area contributed by atoms with E-state index in [1.807, 2.05) is 0 Å². The molecule has 1 amide bonds. The van der Waals surface area contributed by atoms with Crippen LogP contribution in [-0.4, -0.2) is 24.1 Å². The molecule has 0 saturated heterocycles. The summed E-state index contributed by atoms with van der Waals surface area (Å²) < 4.78 is 9.54. The highest BCUT2D eigenvalue weighted by molar-refractivity contribution is 5.89. The van der Waals surface area contributed by atoms with Crippen LogP contribution in [0, 0.1) is 10.1 Å². The Balaban J connectivity index is 1.99. The van der Waals surface area contributed by atoms with Gasteiger partial charge < -0.3 is 9.47 Å². The van der Waals surface area contributed by atoms with E-state index in [1.54, 1.807) is 30.3 Å². The van der Waals surface area contributed by atoms with Gasteiger partial charge in [0.2, 0.25) is 0 Å². The Labute approximate surface area is 142 Å². The van der Waals surface area contributed by atoms with Crippen molar-refractivity contribution in [3.05, 3.63) is 70.3 Å². The fourth-order valence-corrected chi connectivity index (χ4v) is 1.84. The second-order valence-electron chi connectivity index (χ2n) is 4.75. The molecule has 0 bridgehead atoms. The first-order chi connectivity index (χ1) is 12.0. The molecule has 0 radical (unpaired) electrons. The van der Waals surface area contributed by atoms with Crippen LogP contribution in [0.15, 0.2) is 54.6 Å². The molecule has 2 aromatic carbocycles. The maximum Gasteiger partial charge on any atom is 0.417 e. The fourth-order valence-electron chi connectivity index (χ4n) is 1.84. The summed E-state index contributed by atoms with van der Waals surface area (Å²) in [6.07, 6.45) is 2.05. The van der Waals surface area contributed by atoms with E-state index in [-0.39, 0.29) is 11.4 Å². The van der Waals surface area contributed by atoms with E-state index in [1.165, 1.54) is 37.5 Å². The van der Waals surface area contributed by atoms with Gasteiger partial charge >= 0.3 is 12.1 Å². The summed E-state index contributed by atoms with van der Waals surface area (Å²) >= 11 is 0. The number of methoxy groups -OCH3 is 1. The van der Waals surface area contributed by atoms with Crippen molar-refractivity contribution in [1.82, 2.24) is 0 Å². The normalized spacial score (nSPS) is 10.3. The molecule has 8 nitrogen and oxygen atoms in total. The zero-order chi connectivity index (χ0) is 18.2. The summed E-state index contributed by atoms with van der Waals surface area (Å²) in [5.74, 6) is -0.319. The van der Waals surface area contributed by atoms with E-state index >= 15 is 0 Å². The lowest BCUT2D eigenvalue weighted by Crippen LogP contribution is -2.16. The maximum absolute atomic E-state index is 11.9. The van der Waals surface area contributed by atoms with Crippen molar-refractivity contribution in [2.45, 2.75) is 0 Å². The average Bonchev–Trinajstić information content (AvgIpc) is 2.60. The number of carbonyl (C=O) groups excluding carboxylic acids is 2. The molecule has 0 saturated carbocycles. The third-order valence-corrected chi connectivity index (χ3v) is 3.00. The molecule has 2 rings (SSSR count). The molecule has 0 aromatic heterocycles. The van der Waals surface area contributed by atoms with Crippen LogP contribution in [0.5, 0.6) is 5.75 Å². The second-order valence-corrected chi connectivity index (χ2v) is 4.75. The number of non-ortho nitro benzene ring substituents is 1. The first kappa shape index (κ1) is 17.7. The van der Waals surface area contributed by atoms with Crippen molar-refractivity contribution >= 4 is 29.5 Å². The molecular formula is C17H14N2O6. The average molecular weight is 342 g/mol. The standard InChI is InChI=1S/C17H14N2O6/c1-24-16(20)10-5-12-3-2-4-13(11-12)18-17(21)25-15-8-6-14(7-9-15)19(22)23/h2-11H,1H3,(H,18,21)/b10-5+. The number of nitrogens with zero attached hydrogens (tertiary/aromatic N) is 1. The number of hydrogen-bond acceptors (Lipinski definition) is 6. The highest BCUT2D eigenvalue weighted by atomic mass is 16.6. The van der Waals surface area contributed by atoms with Gasteiger partial charge in [0.1, 0.15) is 5.75 Å². The molecule has 0 fully saturated rings. The predicted molar refractivity (Wildman–Crippen MR) is 90.2 cm³/mol. The van der Waals surface area contributed by atoms with Crippen LogP contribution in [0.1, 0.15) is 5.56 Å². The van der Waals surface area contributed by atoms with Crippen LogP contribution in [0.25, 0.3) is 6.08 Å². The molecule has 0 aliphatic heterocycles. The minimum Gasteiger partial charge on any atom is -0.466 e. The molecule has 8 heteroatoms. The number of rotatable bonds is 5. The van der Waals surface area contributed by atoms with Crippen molar-refractivity contribution in [3.63, 3.8) is 0 Å². The lowest BCUT2D eigenvalue weighted by molar-refractivity contribution is -0.384. The number of nitro groups is 1. The van der Waals surface area contributed by atoms with Gasteiger partial charge in [-0.2, -0.15) is 0 Å². The molecule has 0 aliphatic carbocycles. The van der Waals surface area contributed by atoms with Crippen LogP contribution >= 0.6 is 0 Å². The van der Waals surface area contributed by atoms with Gasteiger partial charge in [-0.1, -0.05) is 12.1 Å². The van der Waals surface area contributed by atoms with Gasteiger partial charge in [0, 0.05) is 23.9 Å². The number of anilines is 1. The van der Waals surface area contributed by atoms with Crippen LogP contribution in [0.4, 0.5) is 16.2 Å². The van der Waals surface area contributed by atoms with Gasteiger partial charge in [-0.15, -0.1) is 0 Å². The zero-order valence-electron chi connectivity index (χ0n) is 13.2. The van der Waals surface area contributed by atoms with E-state index in [0.29, 0.717) is 11.3 Å². The monoisotopic (exact) mass is 342 g/mol. The minimum absolute atomic E-state index is 0.0992. The molecular weight excluding hydrogens is 328 g/mol. The van der Waals surface area contributed by atoms with Crippen molar-refractivity contribution in [2.24, 2.45) is 0 Å². The molecule has 0 spiro atoms. The van der Waals surface area contributed by atoms with Crippen molar-refractivity contribution in [1.29, 1.82) is 0 Å². The Morgan fingerprint density at radius 1 is 1.16 bits per heavy atom. The van der Waals surface area contributed by atoms with E-state index in [2.05, 4.69) is 10.1 Å². The summed E-state index contributed by atoms with van der Waals surface area (Å²) in [6.45, 7) is 0. The summed E-state index contributed by atoms with van der Waals surface area (Å²) in [5, 5.41) is 13.1. The molecule has 0 unspecified atom stereocenters. The molecule has 0 heterocycles. The quantitative estimate of drug-likeness (QED) is 0.386. The number of ether oxygens (including phenoxy) is 2. The van der Waals surface area contributed by atoms with Gasteiger partial charge in [-0.25, -0.2) is 9.59 Å². The predicted octanol–water partition coefficient (Wildman–Crippen LogP) is 3.39. The van der Waals surface area contributed by atoms with E-state index in [4.69, 9.17) is 4.74 Å². The Bertz CT molecular complexity index is 814. The summed E-state index contributed by atoms with van der Waals surface area (Å²) in [4.78, 5) is 33.0. The van der Waals surface area contributed by atoms with Gasteiger partial charge in [0.25, 0.3) is 5.69 Å². The van der Waals surface area contributed by atoms with Crippen molar-refractivity contribution in [3.8, 4) is 5.75 Å². The number of amides is 1. The maximum atomic E-state index is 11.9. The SMILES string of the molecule is COC(=O)/C=C/c1cccc(NC(=O)Oc2ccc([N+](=O)[O-])cc2)c1. The smallest absolute Gasteiger partial charge is 0.417 e. The van der Waals surface area contributed by atoms with Crippen molar-refractivity contribution in [2.75, 3.05) is 12.4 Å². The lowest BCUT2D eigenvalue weighted by Gasteiger charge is -2.07. The van der Waals surface area contributed by atoms with Gasteiger partial charge in [-0.05, 0) is 35.9 Å². The minimum atomic E-state index is -0.747. The van der Waals surface area contributed by atoms with Gasteiger partial charge in [0.05, 0.1) is 12.0 Å². The number of carbonyl (C=O) groups is 2. The largest absolute Gasteiger partial charge is 0.466 e. The summed E-state index contributed by atoms with van der Waals surface area (Å²) in [6, 6.07) is 11.8.